The van der Waals surface area contributed by atoms with Gasteiger partial charge in [-0.05, 0) is 43.9 Å². The quantitative estimate of drug-likeness (QED) is 0.925. The lowest BCUT2D eigenvalue weighted by Gasteiger charge is -2.19. The maximum atomic E-state index is 12.5. The van der Waals surface area contributed by atoms with E-state index in [0.29, 0.717) is 0 Å². The van der Waals surface area contributed by atoms with E-state index >= 15 is 0 Å². The summed E-state index contributed by atoms with van der Waals surface area (Å²) >= 11 is 1.55. The van der Waals surface area contributed by atoms with Crippen molar-refractivity contribution >= 4 is 17.2 Å². The first-order valence-electron chi connectivity index (χ1n) is 7.73. The third-order valence-corrected chi connectivity index (χ3v) is 5.34. The zero-order chi connectivity index (χ0) is 15.5. The third kappa shape index (κ3) is 3.23. The summed E-state index contributed by atoms with van der Waals surface area (Å²) in [5, 5.41) is 3.08. The molecular formula is C18H21NO2S. The Balaban J connectivity index is 1.73. The van der Waals surface area contributed by atoms with Gasteiger partial charge < -0.3 is 10.1 Å². The molecule has 0 unspecified atom stereocenters. The second-order valence-corrected chi connectivity index (χ2v) is 6.85. The lowest BCUT2D eigenvalue weighted by Crippen LogP contribution is -2.40. The number of carbonyl (C=O) groups is 1. The van der Waals surface area contributed by atoms with E-state index in [1.54, 1.807) is 11.3 Å². The Kier molecular flexibility index (Phi) is 4.60. The molecule has 3 rings (SSSR count). The van der Waals surface area contributed by atoms with Crippen LogP contribution in [0, 0.1) is 6.92 Å². The van der Waals surface area contributed by atoms with Gasteiger partial charge in [0.25, 0.3) is 5.91 Å². The van der Waals surface area contributed by atoms with Crippen molar-refractivity contribution in [3.8, 4) is 10.4 Å². The summed E-state index contributed by atoms with van der Waals surface area (Å²) in [6.45, 7) is 4.88. The van der Waals surface area contributed by atoms with Crippen LogP contribution in [0.5, 0.6) is 0 Å². The number of nitrogens with one attached hydrogen (secondary N) is 1. The number of rotatable bonds is 4. The van der Waals surface area contributed by atoms with E-state index in [2.05, 4.69) is 24.4 Å². The molecule has 0 radical (unpaired) electrons. The first kappa shape index (κ1) is 15.3. The Bertz CT molecular complexity index is 644. The van der Waals surface area contributed by atoms with Crippen molar-refractivity contribution in [2.75, 3.05) is 6.61 Å². The maximum Gasteiger partial charge on any atom is 0.261 e. The zero-order valence-corrected chi connectivity index (χ0v) is 13.8. The summed E-state index contributed by atoms with van der Waals surface area (Å²) < 4.78 is 5.64. The molecule has 2 aromatic rings. The summed E-state index contributed by atoms with van der Waals surface area (Å²) in [7, 11) is 0. The summed E-state index contributed by atoms with van der Waals surface area (Å²) in [5.74, 6) is -0.00159. The number of hydrogen-bond acceptors (Lipinski definition) is 3. The molecule has 0 aliphatic carbocycles. The summed E-state index contributed by atoms with van der Waals surface area (Å²) in [6.07, 6.45) is 2.26. The molecule has 0 saturated carbocycles. The number of ether oxygens (including phenoxy) is 1. The number of amides is 1. The number of hydrogen-bond donors (Lipinski definition) is 1. The van der Waals surface area contributed by atoms with Crippen molar-refractivity contribution < 1.29 is 9.53 Å². The van der Waals surface area contributed by atoms with Gasteiger partial charge in [0.15, 0.2) is 0 Å². The van der Waals surface area contributed by atoms with E-state index in [1.807, 2.05) is 31.2 Å². The van der Waals surface area contributed by atoms with E-state index in [0.717, 1.165) is 40.3 Å². The predicted octanol–water partition coefficient (Wildman–Crippen LogP) is 4.02. The second-order valence-electron chi connectivity index (χ2n) is 5.80. The molecule has 1 amide bonds. The Labute approximate surface area is 135 Å². The molecule has 1 saturated heterocycles. The van der Waals surface area contributed by atoms with Crippen molar-refractivity contribution in [1.29, 1.82) is 0 Å². The fraction of sp³-hybridized carbons (Fsp3) is 0.389. The molecule has 0 bridgehead atoms. The van der Waals surface area contributed by atoms with E-state index in [9.17, 15) is 4.79 Å². The van der Waals surface area contributed by atoms with Crippen LogP contribution in [0.15, 0.2) is 36.4 Å². The van der Waals surface area contributed by atoms with Crippen LogP contribution in [-0.4, -0.2) is 24.7 Å². The Morgan fingerprint density at radius 1 is 1.36 bits per heavy atom. The van der Waals surface area contributed by atoms with Gasteiger partial charge >= 0.3 is 0 Å². The number of carbonyl (C=O) groups excluding carboxylic acids is 1. The second kappa shape index (κ2) is 6.63. The Hall–Kier alpha value is -1.65. The average Bonchev–Trinajstić information content (AvgIpc) is 3.17. The molecule has 0 spiro atoms. The van der Waals surface area contributed by atoms with E-state index in [4.69, 9.17) is 4.74 Å². The number of thiophene rings is 1. The van der Waals surface area contributed by atoms with Crippen LogP contribution in [0.1, 0.15) is 35.0 Å². The molecule has 116 valence electrons. The van der Waals surface area contributed by atoms with Crippen LogP contribution in [0.25, 0.3) is 10.4 Å². The van der Waals surface area contributed by atoms with Gasteiger partial charge in [0.05, 0.1) is 17.0 Å². The van der Waals surface area contributed by atoms with Crippen molar-refractivity contribution in [2.45, 2.75) is 38.8 Å². The van der Waals surface area contributed by atoms with Gasteiger partial charge in [0, 0.05) is 11.5 Å². The highest BCUT2D eigenvalue weighted by atomic mass is 32.1. The first-order valence-corrected chi connectivity index (χ1v) is 8.55. The van der Waals surface area contributed by atoms with Gasteiger partial charge in [0.2, 0.25) is 0 Å². The van der Waals surface area contributed by atoms with Crippen molar-refractivity contribution in [2.24, 2.45) is 0 Å². The maximum absolute atomic E-state index is 12.5. The van der Waals surface area contributed by atoms with E-state index in [-0.39, 0.29) is 18.1 Å². The molecule has 2 heterocycles. The van der Waals surface area contributed by atoms with Crippen molar-refractivity contribution in [3.63, 3.8) is 0 Å². The molecular weight excluding hydrogens is 294 g/mol. The fourth-order valence-corrected chi connectivity index (χ4v) is 3.92. The number of benzene rings is 1. The van der Waals surface area contributed by atoms with Gasteiger partial charge in [-0.1, -0.05) is 30.3 Å². The van der Waals surface area contributed by atoms with E-state index in [1.165, 1.54) is 0 Å². The van der Waals surface area contributed by atoms with Crippen LogP contribution < -0.4 is 5.32 Å². The van der Waals surface area contributed by atoms with Gasteiger partial charge in [-0.15, -0.1) is 11.3 Å². The van der Waals surface area contributed by atoms with Crippen LogP contribution in [-0.2, 0) is 4.74 Å². The Morgan fingerprint density at radius 3 is 2.82 bits per heavy atom. The predicted molar refractivity (Wildman–Crippen MR) is 90.4 cm³/mol. The SMILES string of the molecule is Cc1cc(C(=O)N[C@@H](C)[C@@H]2CCCO2)sc1-c1ccccc1. The monoisotopic (exact) mass is 315 g/mol. The Morgan fingerprint density at radius 2 is 2.14 bits per heavy atom. The lowest BCUT2D eigenvalue weighted by molar-refractivity contribution is 0.0714. The van der Waals surface area contributed by atoms with Crippen LogP contribution >= 0.6 is 11.3 Å². The van der Waals surface area contributed by atoms with Crippen LogP contribution in [0.4, 0.5) is 0 Å². The molecule has 1 aromatic heterocycles. The van der Waals surface area contributed by atoms with E-state index < -0.39 is 0 Å². The highest BCUT2D eigenvalue weighted by Crippen LogP contribution is 2.32. The molecule has 1 N–H and O–H groups in total. The standard InChI is InChI=1S/C18H21NO2S/c1-12-11-16(22-17(12)14-7-4-3-5-8-14)18(20)19-13(2)15-9-6-10-21-15/h3-5,7-8,11,13,15H,6,9-10H2,1-2H3,(H,19,20)/t13-,15-/m0/s1. The third-order valence-electron chi connectivity index (χ3n) is 4.06. The highest BCUT2D eigenvalue weighted by molar-refractivity contribution is 7.17. The molecule has 1 fully saturated rings. The minimum absolute atomic E-state index is 0.00159. The summed E-state index contributed by atoms with van der Waals surface area (Å²) in [6, 6.07) is 12.2. The first-order chi connectivity index (χ1) is 10.6. The summed E-state index contributed by atoms with van der Waals surface area (Å²) in [4.78, 5) is 14.4. The fourth-order valence-electron chi connectivity index (χ4n) is 2.84. The van der Waals surface area contributed by atoms with Gasteiger partial charge in [-0.3, -0.25) is 4.79 Å². The molecule has 1 aliphatic heterocycles. The summed E-state index contributed by atoms with van der Waals surface area (Å²) in [5.41, 5.74) is 2.31. The lowest BCUT2D eigenvalue weighted by atomic mass is 10.1. The molecule has 22 heavy (non-hydrogen) atoms. The molecule has 1 aliphatic rings. The topological polar surface area (TPSA) is 38.3 Å². The smallest absolute Gasteiger partial charge is 0.261 e. The molecule has 3 nitrogen and oxygen atoms in total. The van der Waals surface area contributed by atoms with Crippen molar-refractivity contribution in [1.82, 2.24) is 5.32 Å². The number of aryl methyl sites for hydroxylation is 1. The van der Waals surface area contributed by atoms with Crippen LogP contribution in [0.3, 0.4) is 0 Å². The van der Waals surface area contributed by atoms with Gasteiger partial charge in [-0.25, -0.2) is 0 Å². The highest BCUT2D eigenvalue weighted by Gasteiger charge is 2.24. The van der Waals surface area contributed by atoms with Gasteiger partial charge in [-0.2, -0.15) is 0 Å². The minimum atomic E-state index is -0.00159. The van der Waals surface area contributed by atoms with Crippen molar-refractivity contribution in [3.05, 3.63) is 46.8 Å². The minimum Gasteiger partial charge on any atom is -0.376 e. The molecule has 4 heteroatoms. The average molecular weight is 315 g/mol. The zero-order valence-electron chi connectivity index (χ0n) is 13.0. The van der Waals surface area contributed by atoms with Crippen LogP contribution in [0.2, 0.25) is 0 Å². The largest absolute Gasteiger partial charge is 0.376 e. The molecule has 2 atom stereocenters. The van der Waals surface area contributed by atoms with Gasteiger partial charge in [0.1, 0.15) is 0 Å². The molecule has 1 aromatic carbocycles. The normalized spacial score (nSPS) is 19.1.